The summed E-state index contributed by atoms with van der Waals surface area (Å²) < 4.78 is 11.0. The second-order valence-corrected chi connectivity index (χ2v) is 5.36. The fourth-order valence-electron chi connectivity index (χ4n) is 2.02. The molecule has 0 unspecified atom stereocenters. The number of ether oxygens (including phenoxy) is 2. The molecule has 0 aliphatic carbocycles. The van der Waals surface area contributed by atoms with E-state index in [2.05, 4.69) is 5.32 Å². The first kappa shape index (κ1) is 17.6. The Kier molecular flexibility index (Phi) is 6.03. The number of carbonyl (C=O) groups is 2. The molecule has 3 N–H and O–H groups in total. The molecule has 2 aromatic rings. The van der Waals surface area contributed by atoms with Crippen molar-refractivity contribution in [2.45, 2.75) is 6.61 Å². The normalized spacial score (nSPS) is 10.1. The largest absolute Gasteiger partial charge is 0.496 e. The number of nitrogens with two attached hydrogens (primary N) is 1. The van der Waals surface area contributed by atoms with Gasteiger partial charge in [0.15, 0.2) is 0 Å². The molecule has 0 aliphatic rings. The molecule has 0 radical (unpaired) electrons. The van der Waals surface area contributed by atoms with Gasteiger partial charge in [0.25, 0.3) is 5.91 Å². The summed E-state index contributed by atoms with van der Waals surface area (Å²) in [6.07, 6.45) is 0. The lowest BCUT2D eigenvalue weighted by Crippen LogP contribution is -2.33. The van der Waals surface area contributed by atoms with Crippen LogP contribution >= 0.6 is 11.6 Å². The van der Waals surface area contributed by atoms with Crippen LogP contribution in [0.15, 0.2) is 42.5 Å². The van der Waals surface area contributed by atoms with Crippen LogP contribution in [0.2, 0.25) is 5.02 Å². The molecule has 24 heavy (non-hydrogen) atoms. The molecular weight excluding hydrogens is 332 g/mol. The number of methoxy groups -OCH3 is 1. The van der Waals surface area contributed by atoms with E-state index in [1.165, 1.54) is 0 Å². The van der Waals surface area contributed by atoms with E-state index < -0.39 is 11.8 Å². The number of amides is 2. The molecule has 0 bridgehead atoms. The predicted molar refractivity (Wildman–Crippen MR) is 90.3 cm³/mol. The first-order chi connectivity index (χ1) is 11.5. The first-order valence-corrected chi connectivity index (χ1v) is 7.49. The Hall–Kier alpha value is -2.73. The number of hydrogen-bond acceptors (Lipinski definition) is 4. The van der Waals surface area contributed by atoms with Crippen molar-refractivity contribution in [1.82, 2.24) is 5.32 Å². The average molecular weight is 349 g/mol. The van der Waals surface area contributed by atoms with E-state index in [1.807, 2.05) is 0 Å². The van der Waals surface area contributed by atoms with E-state index >= 15 is 0 Å². The molecule has 0 saturated carbocycles. The Morgan fingerprint density at radius 1 is 1.21 bits per heavy atom. The van der Waals surface area contributed by atoms with E-state index in [4.69, 9.17) is 26.8 Å². The molecule has 0 atom stereocenters. The monoisotopic (exact) mass is 348 g/mol. The molecule has 6 nitrogen and oxygen atoms in total. The van der Waals surface area contributed by atoms with Crippen molar-refractivity contribution in [3.05, 3.63) is 58.6 Å². The van der Waals surface area contributed by atoms with Gasteiger partial charge in [-0.05, 0) is 36.4 Å². The van der Waals surface area contributed by atoms with Crippen molar-refractivity contribution in [2.75, 3.05) is 13.7 Å². The van der Waals surface area contributed by atoms with E-state index in [0.29, 0.717) is 22.1 Å². The highest BCUT2D eigenvalue weighted by molar-refractivity contribution is 6.30. The molecule has 0 aromatic heterocycles. The first-order valence-electron chi connectivity index (χ1n) is 7.11. The second kappa shape index (κ2) is 8.21. The molecule has 0 heterocycles. The summed E-state index contributed by atoms with van der Waals surface area (Å²) in [7, 11) is 1.57. The quantitative estimate of drug-likeness (QED) is 0.802. The Labute approximate surface area is 144 Å². The predicted octanol–water partition coefficient (Wildman–Crippen LogP) is 2.14. The van der Waals surface area contributed by atoms with Gasteiger partial charge < -0.3 is 20.5 Å². The van der Waals surface area contributed by atoms with Gasteiger partial charge in [0, 0.05) is 16.1 Å². The van der Waals surface area contributed by atoms with Crippen molar-refractivity contribution >= 4 is 23.4 Å². The maximum Gasteiger partial charge on any atom is 0.251 e. The number of primary amides is 1. The highest BCUT2D eigenvalue weighted by atomic mass is 35.5. The molecule has 2 amide bonds. The number of carbonyl (C=O) groups excluding carboxylic acids is 2. The van der Waals surface area contributed by atoms with Crippen LogP contribution in [0.25, 0.3) is 0 Å². The molecule has 0 fully saturated rings. The Morgan fingerprint density at radius 2 is 2.00 bits per heavy atom. The zero-order chi connectivity index (χ0) is 17.5. The molecule has 0 spiro atoms. The summed E-state index contributed by atoms with van der Waals surface area (Å²) in [5, 5.41) is 3.00. The van der Waals surface area contributed by atoms with Crippen molar-refractivity contribution in [3.8, 4) is 11.5 Å². The second-order valence-electron chi connectivity index (χ2n) is 4.92. The van der Waals surface area contributed by atoms with Crippen molar-refractivity contribution in [1.29, 1.82) is 0 Å². The topological polar surface area (TPSA) is 90.7 Å². The lowest BCUT2D eigenvalue weighted by Gasteiger charge is -2.11. The van der Waals surface area contributed by atoms with Crippen LogP contribution in [0.5, 0.6) is 11.5 Å². The molecule has 0 saturated heterocycles. The summed E-state index contributed by atoms with van der Waals surface area (Å²) in [4.78, 5) is 22.6. The minimum Gasteiger partial charge on any atom is -0.496 e. The maximum absolute atomic E-state index is 11.9. The zero-order valence-electron chi connectivity index (χ0n) is 13.0. The summed E-state index contributed by atoms with van der Waals surface area (Å²) in [6, 6.07) is 11.8. The van der Waals surface area contributed by atoms with Gasteiger partial charge in [-0.25, -0.2) is 0 Å². The highest BCUT2D eigenvalue weighted by Gasteiger charge is 2.09. The zero-order valence-corrected chi connectivity index (χ0v) is 13.8. The van der Waals surface area contributed by atoms with Crippen LogP contribution in [0.4, 0.5) is 0 Å². The van der Waals surface area contributed by atoms with E-state index in [1.54, 1.807) is 49.6 Å². The van der Waals surface area contributed by atoms with Crippen LogP contribution in [0, 0.1) is 0 Å². The van der Waals surface area contributed by atoms with Crippen molar-refractivity contribution < 1.29 is 19.1 Å². The van der Waals surface area contributed by atoms with Gasteiger partial charge in [-0.1, -0.05) is 17.7 Å². The third-order valence-electron chi connectivity index (χ3n) is 3.16. The average Bonchev–Trinajstić information content (AvgIpc) is 2.58. The summed E-state index contributed by atoms with van der Waals surface area (Å²) in [5.41, 5.74) is 6.15. The van der Waals surface area contributed by atoms with E-state index in [-0.39, 0.29) is 13.2 Å². The number of halogens is 1. The summed E-state index contributed by atoms with van der Waals surface area (Å²) >= 11 is 5.98. The molecular formula is C17H17ClN2O4. The minimum absolute atomic E-state index is 0.219. The minimum atomic E-state index is -0.608. The summed E-state index contributed by atoms with van der Waals surface area (Å²) in [5.74, 6) is 0.155. The smallest absolute Gasteiger partial charge is 0.251 e. The van der Waals surface area contributed by atoms with E-state index in [0.717, 1.165) is 5.56 Å². The lowest BCUT2D eigenvalue weighted by molar-refractivity contribution is -0.117. The Bertz CT molecular complexity index is 749. The van der Waals surface area contributed by atoms with Gasteiger partial charge in [-0.15, -0.1) is 0 Å². The van der Waals surface area contributed by atoms with Crippen LogP contribution < -0.4 is 20.5 Å². The van der Waals surface area contributed by atoms with Gasteiger partial charge >= 0.3 is 0 Å². The molecule has 2 aromatic carbocycles. The van der Waals surface area contributed by atoms with Crippen molar-refractivity contribution in [3.63, 3.8) is 0 Å². The lowest BCUT2D eigenvalue weighted by atomic mass is 10.2. The molecule has 2 rings (SSSR count). The fraction of sp³-hybridized carbons (Fsp3) is 0.176. The third kappa shape index (κ3) is 4.89. The molecule has 0 aliphatic heterocycles. The third-order valence-corrected chi connectivity index (χ3v) is 3.39. The van der Waals surface area contributed by atoms with Gasteiger partial charge in [-0.3, -0.25) is 9.59 Å². The van der Waals surface area contributed by atoms with Gasteiger partial charge in [0.05, 0.1) is 13.7 Å². The fourth-order valence-corrected chi connectivity index (χ4v) is 2.21. The Morgan fingerprint density at radius 3 is 2.71 bits per heavy atom. The van der Waals surface area contributed by atoms with E-state index in [9.17, 15) is 9.59 Å². The molecule has 7 heteroatoms. The van der Waals surface area contributed by atoms with Crippen molar-refractivity contribution in [2.24, 2.45) is 5.73 Å². The van der Waals surface area contributed by atoms with Gasteiger partial charge in [-0.2, -0.15) is 0 Å². The number of rotatable bonds is 7. The van der Waals surface area contributed by atoms with Crippen LogP contribution in [0.3, 0.4) is 0 Å². The van der Waals surface area contributed by atoms with Crippen LogP contribution in [-0.2, 0) is 11.4 Å². The Balaban J connectivity index is 2.06. The van der Waals surface area contributed by atoms with Gasteiger partial charge in [0.2, 0.25) is 5.91 Å². The van der Waals surface area contributed by atoms with Crippen LogP contribution in [-0.4, -0.2) is 25.5 Å². The SMILES string of the molecule is COc1ccc(Cl)cc1COc1cccc(C(=O)NCC(N)=O)c1. The summed E-state index contributed by atoms with van der Waals surface area (Å²) in [6.45, 7) is 0.0136. The number of nitrogens with one attached hydrogen (secondary N) is 1. The highest BCUT2D eigenvalue weighted by Crippen LogP contribution is 2.24. The molecule has 126 valence electrons. The maximum atomic E-state index is 11.9. The number of benzene rings is 2. The van der Waals surface area contributed by atoms with Gasteiger partial charge in [0.1, 0.15) is 18.1 Å². The standard InChI is InChI=1S/C17H17ClN2O4/c1-23-15-6-5-13(18)7-12(15)10-24-14-4-2-3-11(8-14)17(22)20-9-16(19)21/h2-8H,9-10H2,1H3,(H2,19,21)(H,20,22). The van der Waals surface area contributed by atoms with Crippen LogP contribution in [0.1, 0.15) is 15.9 Å². The number of hydrogen-bond donors (Lipinski definition) is 2.